The van der Waals surface area contributed by atoms with E-state index in [9.17, 15) is 53.7 Å². The molecule has 23 nitrogen and oxygen atoms in total. The first kappa shape index (κ1) is 66.9. The standard InChI is InChI=1S/C57H84N8O15S/c1-10-33(4)45-52(72)64-48-39-20-22-40(23-21-39)80-37(8)57(77,31-81-27-17-12-11-16-26-58)25-24-43(67)59-29-44(68)78-30-41(56(76)79-36(7)47(54(74)61-45)63-50(70)34(5)49(69)32(2)3)60-53(73)46(35(6)66)62-51(71)42(65(9)55(48)75)28-38-18-14-13-15-19-38/h13-15,18-25,32-37,41-42,45-49,66,69,77H,10-12,16-17,26-31,58H2,1-9H3,(H,59,67)(H,60,73)(H,61,74)(H,62,71)(H,63,70)(H,64,72)/b25-24+/t33-,34+,35+,36+,37+,41-,42-,45+,46+,47-,48-,49+,57-/m0/s1. The highest BCUT2D eigenvalue weighted by atomic mass is 32.2. The summed E-state index contributed by atoms with van der Waals surface area (Å²) in [5, 5.41) is 49.4. The predicted molar refractivity (Wildman–Crippen MR) is 301 cm³/mol. The Balaban J connectivity index is 1.99. The molecule has 0 unspecified atom stereocenters. The molecule has 3 aliphatic rings. The molecule has 448 valence electrons. The third kappa shape index (κ3) is 19.8. The smallest absolute Gasteiger partial charge is 0.332 e. The van der Waals surface area contributed by atoms with Crippen molar-refractivity contribution in [2.45, 2.75) is 160 Å². The molecule has 5 rings (SSSR count). The zero-order chi connectivity index (χ0) is 60.1. The molecule has 1 saturated heterocycles. The molecule has 11 N–H and O–H groups in total. The van der Waals surface area contributed by atoms with Gasteiger partial charge in [0.25, 0.3) is 0 Å². The van der Waals surface area contributed by atoms with Crippen LogP contribution in [0, 0.1) is 17.8 Å². The number of cyclic esters (lactones) is 1. The van der Waals surface area contributed by atoms with Gasteiger partial charge in [-0.2, -0.15) is 11.8 Å². The van der Waals surface area contributed by atoms with Crippen LogP contribution in [0.25, 0.3) is 0 Å². The summed E-state index contributed by atoms with van der Waals surface area (Å²) < 4.78 is 17.5. The van der Waals surface area contributed by atoms with Gasteiger partial charge in [0.05, 0.1) is 18.1 Å². The van der Waals surface area contributed by atoms with E-state index in [1.807, 2.05) is 0 Å². The van der Waals surface area contributed by atoms with Crippen molar-refractivity contribution < 1.29 is 72.7 Å². The fraction of sp³-hybridized carbons (Fsp3) is 0.596. The number of nitrogens with two attached hydrogens (primary N) is 1. The minimum atomic E-state index is -1.97. The van der Waals surface area contributed by atoms with Crippen LogP contribution in [0.5, 0.6) is 5.75 Å². The van der Waals surface area contributed by atoms with Gasteiger partial charge in [-0.25, -0.2) is 4.79 Å². The second-order valence-corrected chi connectivity index (χ2v) is 22.3. The van der Waals surface area contributed by atoms with Gasteiger partial charge in [-0.05, 0) is 87.1 Å². The second-order valence-electron chi connectivity index (χ2n) is 21.2. The van der Waals surface area contributed by atoms with Crippen LogP contribution in [0.15, 0.2) is 66.7 Å². The van der Waals surface area contributed by atoms with Crippen molar-refractivity contribution in [3.63, 3.8) is 0 Å². The lowest BCUT2D eigenvalue weighted by molar-refractivity contribution is -0.160. The largest absolute Gasteiger partial charge is 0.487 e. The summed E-state index contributed by atoms with van der Waals surface area (Å²) in [5.41, 5.74) is 4.58. The monoisotopic (exact) mass is 1150 g/mol. The van der Waals surface area contributed by atoms with Crippen LogP contribution < -0.4 is 42.4 Å². The summed E-state index contributed by atoms with van der Waals surface area (Å²) >= 11 is 1.43. The first-order valence-corrected chi connectivity index (χ1v) is 28.8. The van der Waals surface area contributed by atoms with Crippen molar-refractivity contribution >= 4 is 65.1 Å². The van der Waals surface area contributed by atoms with Crippen molar-refractivity contribution in [3.05, 3.63) is 77.9 Å². The Morgan fingerprint density at radius 1 is 0.827 bits per heavy atom. The van der Waals surface area contributed by atoms with Crippen LogP contribution in [-0.2, 0) is 59.0 Å². The number of rotatable bonds is 17. The number of hydrogen-bond donors (Lipinski definition) is 10. The second kappa shape index (κ2) is 32.1. The number of nitrogens with one attached hydrogen (secondary N) is 6. The maximum atomic E-state index is 15.3. The van der Waals surface area contributed by atoms with Crippen molar-refractivity contribution in [3.8, 4) is 5.75 Å². The van der Waals surface area contributed by atoms with Gasteiger partial charge < -0.3 is 72.1 Å². The number of likely N-dealkylation sites (N-methyl/N-ethyl adjacent to an activating group) is 1. The molecule has 3 heterocycles. The summed E-state index contributed by atoms with van der Waals surface area (Å²) in [7, 11) is 1.31. The number of amides is 7. The number of carbonyl (C=O) groups excluding carboxylic acids is 9. The zero-order valence-corrected chi connectivity index (χ0v) is 48.6. The van der Waals surface area contributed by atoms with Gasteiger partial charge >= 0.3 is 11.9 Å². The molecule has 0 aliphatic carbocycles. The van der Waals surface area contributed by atoms with E-state index < -0.39 is 150 Å². The molecule has 4 bridgehead atoms. The number of carbonyl (C=O) groups is 9. The molecule has 13 atom stereocenters. The Hall–Kier alpha value is -6.60. The maximum absolute atomic E-state index is 15.3. The summed E-state index contributed by atoms with van der Waals surface area (Å²) in [6.45, 7) is 11.0. The van der Waals surface area contributed by atoms with Crippen molar-refractivity contribution in [1.82, 2.24) is 36.8 Å². The lowest BCUT2D eigenvalue weighted by atomic mass is 9.93. The van der Waals surface area contributed by atoms with Crippen LogP contribution in [0.4, 0.5) is 0 Å². The number of aliphatic hydroxyl groups excluding tert-OH is 2. The topological polar surface area (TPSA) is 343 Å². The highest BCUT2D eigenvalue weighted by Gasteiger charge is 2.42. The molecule has 0 spiro atoms. The number of ether oxygens (including phenoxy) is 3. The van der Waals surface area contributed by atoms with Crippen LogP contribution >= 0.6 is 11.8 Å². The van der Waals surface area contributed by atoms with Crippen molar-refractivity contribution in [1.29, 1.82) is 0 Å². The number of fused-ring (bicyclic) bond motifs is 11. The number of esters is 2. The van der Waals surface area contributed by atoms with E-state index in [1.165, 1.54) is 69.9 Å². The normalized spacial score (nSPS) is 27.1. The van der Waals surface area contributed by atoms with Gasteiger partial charge in [0.2, 0.25) is 41.4 Å². The molecule has 2 aromatic carbocycles. The van der Waals surface area contributed by atoms with Gasteiger partial charge in [0, 0.05) is 25.3 Å². The first-order chi connectivity index (χ1) is 38.3. The highest BCUT2D eigenvalue weighted by Crippen LogP contribution is 2.28. The van der Waals surface area contributed by atoms with E-state index in [0.717, 1.165) is 36.7 Å². The number of thioether (sulfide) groups is 1. The molecule has 0 radical (unpaired) electrons. The summed E-state index contributed by atoms with van der Waals surface area (Å²) in [6.07, 6.45) is 0.401. The van der Waals surface area contributed by atoms with Crippen LogP contribution in [-0.4, -0.2) is 172 Å². The average molecular weight is 1150 g/mol. The van der Waals surface area contributed by atoms with Gasteiger partial charge in [-0.3, -0.25) is 38.4 Å². The fourth-order valence-corrected chi connectivity index (χ4v) is 10.1. The Labute approximate surface area is 478 Å². The highest BCUT2D eigenvalue weighted by molar-refractivity contribution is 7.99. The molecule has 0 aromatic heterocycles. The SMILES string of the molecule is CC[C@H](C)[C@H]1NC(=O)[C@@H](NC(=O)[C@H](C)[C@H](O)C(C)C)[C@@H](C)OC(=O)[C@@H]2COC(=O)CNC(=O)/C=C/[C@](O)(CSCCCCCCN)[C@@H](C)Oc3ccc(cc3)[C@H](NC1=O)C(=O)N(C)[C@@H](Cc1ccccc1)C(=O)N[C@H]([C@@H](C)O)C(=O)N2. The number of benzene rings is 2. The Bertz CT molecular complexity index is 2490. The molecule has 0 saturated carbocycles. The third-order valence-corrected chi connectivity index (χ3v) is 15.7. The summed E-state index contributed by atoms with van der Waals surface area (Å²) in [4.78, 5) is 130. The molecule has 3 aliphatic heterocycles. The Morgan fingerprint density at radius 2 is 1.47 bits per heavy atom. The van der Waals surface area contributed by atoms with E-state index in [1.54, 1.807) is 65.0 Å². The molecule has 1 fully saturated rings. The van der Waals surface area contributed by atoms with Crippen molar-refractivity contribution in [2.75, 3.05) is 38.2 Å². The third-order valence-electron chi connectivity index (χ3n) is 14.5. The molecular formula is C57H84N8O15S. The molecule has 24 heteroatoms. The van der Waals surface area contributed by atoms with Crippen LogP contribution in [0.3, 0.4) is 0 Å². The van der Waals surface area contributed by atoms with Gasteiger partial charge in [-0.15, -0.1) is 0 Å². The number of aliphatic hydroxyl groups is 3. The first-order valence-electron chi connectivity index (χ1n) is 27.6. The van der Waals surface area contributed by atoms with Crippen LogP contribution in [0.1, 0.15) is 105 Å². The Morgan fingerprint density at radius 3 is 2.10 bits per heavy atom. The van der Waals surface area contributed by atoms with Gasteiger partial charge in [0.1, 0.15) is 66.9 Å². The lowest BCUT2D eigenvalue weighted by Crippen LogP contribution is -2.61. The molecule has 81 heavy (non-hydrogen) atoms. The number of nitrogens with zero attached hydrogens (tertiary/aromatic N) is 1. The predicted octanol–water partition coefficient (Wildman–Crippen LogP) is 0.858. The van der Waals surface area contributed by atoms with E-state index in [-0.39, 0.29) is 29.9 Å². The lowest BCUT2D eigenvalue weighted by Gasteiger charge is -2.34. The minimum Gasteiger partial charge on any atom is -0.487 e. The number of unbranched alkanes of at least 4 members (excludes halogenated alkanes) is 3. The fourth-order valence-electron chi connectivity index (χ4n) is 8.85. The van der Waals surface area contributed by atoms with Crippen LogP contribution in [0.2, 0.25) is 0 Å². The molecule has 7 amide bonds. The zero-order valence-electron chi connectivity index (χ0n) is 47.8. The molecular weight excluding hydrogens is 1070 g/mol. The quantitative estimate of drug-likeness (QED) is 0.0776. The minimum absolute atomic E-state index is 0.0702. The molecule has 2 aromatic rings. The maximum Gasteiger partial charge on any atom is 0.332 e. The average Bonchev–Trinajstić information content (AvgIpc) is 3.44. The number of hydrogen-bond acceptors (Lipinski definition) is 17. The Kier molecular flexibility index (Phi) is 26.6. The van der Waals surface area contributed by atoms with E-state index in [4.69, 9.17) is 19.9 Å². The van der Waals surface area contributed by atoms with E-state index >= 15 is 4.79 Å². The summed E-state index contributed by atoms with van der Waals surface area (Å²) in [5.74, 6) is -10.4. The summed E-state index contributed by atoms with van der Waals surface area (Å²) in [6, 6.07) is 4.31. The van der Waals surface area contributed by atoms with E-state index in [0.29, 0.717) is 17.9 Å². The van der Waals surface area contributed by atoms with Crippen molar-refractivity contribution in [2.24, 2.45) is 23.5 Å². The van der Waals surface area contributed by atoms with Gasteiger partial charge in [0.15, 0.2) is 6.04 Å². The van der Waals surface area contributed by atoms with E-state index in [2.05, 4.69) is 31.9 Å². The van der Waals surface area contributed by atoms with Gasteiger partial charge in [-0.1, -0.05) is 96.3 Å².